The predicted octanol–water partition coefficient (Wildman–Crippen LogP) is 2.67. The summed E-state index contributed by atoms with van der Waals surface area (Å²) in [4.78, 5) is 11.0. The maximum absolute atomic E-state index is 11.0. The van der Waals surface area contributed by atoms with Crippen LogP contribution < -0.4 is 11.2 Å². The van der Waals surface area contributed by atoms with Gasteiger partial charge in [-0.1, -0.05) is 38.1 Å². The van der Waals surface area contributed by atoms with Gasteiger partial charge in [0.25, 0.3) is 0 Å². The van der Waals surface area contributed by atoms with Gasteiger partial charge in [-0.05, 0) is 17.0 Å². The molecule has 2 rings (SSSR count). The van der Waals surface area contributed by atoms with Crippen molar-refractivity contribution in [3.05, 3.63) is 70.1 Å². The molecule has 3 nitrogen and oxygen atoms in total. The number of nitrogens with two attached hydrogens (primary N) is 1. The van der Waals surface area contributed by atoms with Gasteiger partial charge < -0.3 is 10.3 Å². The molecule has 0 amide bonds. The second-order valence-electron chi connectivity index (χ2n) is 5.16. The second-order valence-corrected chi connectivity index (χ2v) is 5.16. The molecule has 1 unspecified atom stereocenters. The topological polar surface area (TPSA) is 48.0 Å². The minimum Gasteiger partial charge on any atom is -0.352 e. The molecule has 3 heteroatoms. The Kier molecular flexibility index (Phi) is 4.17. The fraction of sp³-hybridized carbons (Fsp3) is 0.312. The molecule has 100 valence electrons. The Morgan fingerprint density at radius 1 is 1.00 bits per heavy atom. The van der Waals surface area contributed by atoms with Crippen molar-refractivity contribution >= 4 is 0 Å². The van der Waals surface area contributed by atoms with E-state index >= 15 is 0 Å². The highest BCUT2D eigenvalue weighted by atomic mass is 16.1. The van der Waals surface area contributed by atoms with Crippen LogP contribution in [-0.2, 0) is 6.54 Å². The van der Waals surface area contributed by atoms with Crippen molar-refractivity contribution in [3.8, 4) is 0 Å². The molecule has 1 aromatic carbocycles. The van der Waals surface area contributed by atoms with Crippen LogP contribution in [0.2, 0.25) is 0 Å². The minimum absolute atomic E-state index is 0.0195. The molecule has 0 saturated heterocycles. The number of hydrogen-bond acceptors (Lipinski definition) is 2. The Hall–Kier alpha value is -1.87. The van der Waals surface area contributed by atoms with Gasteiger partial charge >= 0.3 is 0 Å². The lowest BCUT2D eigenvalue weighted by molar-refractivity contribution is 0.573. The zero-order chi connectivity index (χ0) is 13.8. The van der Waals surface area contributed by atoms with Crippen LogP contribution in [0.4, 0.5) is 0 Å². The molecule has 0 aliphatic rings. The standard InChI is InChI=1S/C16H20N2O/c1-12(2)13-3-5-14(6-4-13)16(17)11-18-9-7-15(19)8-10-18/h3-10,12,16H,11,17H2,1-2H3. The summed E-state index contributed by atoms with van der Waals surface area (Å²) in [6.45, 7) is 5.02. The number of pyridine rings is 1. The van der Waals surface area contributed by atoms with Gasteiger partial charge in [0.1, 0.15) is 0 Å². The van der Waals surface area contributed by atoms with E-state index < -0.39 is 0 Å². The van der Waals surface area contributed by atoms with Crippen LogP contribution in [-0.4, -0.2) is 4.57 Å². The van der Waals surface area contributed by atoms with Crippen molar-refractivity contribution in [3.63, 3.8) is 0 Å². The number of rotatable bonds is 4. The summed E-state index contributed by atoms with van der Waals surface area (Å²) in [5, 5.41) is 0. The normalized spacial score (nSPS) is 12.6. The van der Waals surface area contributed by atoms with Crippen LogP contribution in [0.5, 0.6) is 0 Å². The molecule has 0 aliphatic heterocycles. The number of aromatic nitrogens is 1. The van der Waals surface area contributed by atoms with E-state index in [4.69, 9.17) is 5.73 Å². The number of benzene rings is 1. The summed E-state index contributed by atoms with van der Waals surface area (Å²) in [5.41, 5.74) is 8.64. The van der Waals surface area contributed by atoms with Crippen molar-refractivity contribution in [2.75, 3.05) is 0 Å². The van der Waals surface area contributed by atoms with Crippen molar-refractivity contribution < 1.29 is 0 Å². The van der Waals surface area contributed by atoms with Crippen LogP contribution >= 0.6 is 0 Å². The van der Waals surface area contributed by atoms with E-state index in [2.05, 4.69) is 38.1 Å². The first kappa shape index (κ1) is 13.6. The molecular weight excluding hydrogens is 236 g/mol. The molecule has 0 saturated carbocycles. The molecule has 0 radical (unpaired) electrons. The molecule has 0 aliphatic carbocycles. The van der Waals surface area contributed by atoms with Gasteiger partial charge in [0.15, 0.2) is 5.43 Å². The monoisotopic (exact) mass is 256 g/mol. The maximum Gasteiger partial charge on any atom is 0.181 e. The average Bonchev–Trinajstić information content (AvgIpc) is 2.41. The molecular formula is C16H20N2O. The Balaban J connectivity index is 2.09. The summed E-state index contributed by atoms with van der Waals surface area (Å²) < 4.78 is 1.93. The largest absolute Gasteiger partial charge is 0.352 e. The first-order chi connectivity index (χ1) is 9.06. The number of hydrogen-bond donors (Lipinski definition) is 1. The van der Waals surface area contributed by atoms with Crippen LogP contribution in [0.1, 0.15) is 36.9 Å². The highest BCUT2D eigenvalue weighted by Gasteiger charge is 2.07. The lowest BCUT2D eigenvalue weighted by Gasteiger charge is -2.15. The van der Waals surface area contributed by atoms with Gasteiger partial charge in [-0.15, -0.1) is 0 Å². The molecule has 1 atom stereocenters. The third-order valence-electron chi connectivity index (χ3n) is 3.30. The molecule has 2 aromatic rings. The Bertz CT molecular complexity index is 564. The Labute approximate surface area is 113 Å². The summed E-state index contributed by atoms with van der Waals surface area (Å²) in [6, 6.07) is 11.5. The van der Waals surface area contributed by atoms with Crippen LogP contribution in [0.15, 0.2) is 53.6 Å². The van der Waals surface area contributed by atoms with Crippen molar-refractivity contribution in [2.24, 2.45) is 5.73 Å². The van der Waals surface area contributed by atoms with E-state index in [1.54, 1.807) is 24.5 Å². The molecule has 1 heterocycles. The second kappa shape index (κ2) is 5.85. The van der Waals surface area contributed by atoms with Crippen molar-refractivity contribution in [2.45, 2.75) is 32.4 Å². The molecule has 0 bridgehead atoms. The van der Waals surface area contributed by atoms with Crippen LogP contribution in [0, 0.1) is 0 Å². The fourth-order valence-electron chi connectivity index (χ4n) is 2.03. The Morgan fingerprint density at radius 2 is 1.53 bits per heavy atom. The molecule has 19 heavy (non-hydrogen) atoms. The Morgan fingerprint density at radius 3 is 2.05 bits per heavy atom. The average molecular weight is 256 g/mol. The lowest BCUT2D eigenvalue weighted by Crippen LogP contribution is -2.18. The van der Waals surface area contributed by atoms with Crippen LogP contribution in [0.3, 0.4) is 0 Å². The fourth-order valence-corrected chi connectivity index (χ4v) is 2.03. The van der Waals surface area contributed by atoms with Gasteiger partial charge in [0.05, 0.1) is 0 Å². The maximum atomic E-state index is 11.0. The summed E-state index contributed by atoms with van der Waals surface area (Å²) in [6.07, 6.45) is 3.54. The first-order valence-electron chi connectivity index (χ1n) is 6.58. The van der Waals surface area contributed by atoms with Gasteiger partial charge in [0.2, 0.25) is 0 Å². The lowest BCUT2D eigenvalue weighted by atomic mass is 9.99. The molecule has 2 N–H and O–H groups in total. The highest BCUT2D eigenvalue weighted by Crippen LogP contribution is 2.18. The first-order valence-corrected chi connectivity index (χ1v) is 6.58. The van der Waals surface area contributed by atoms with E-state index in [1.807, 2.05) is 4.57 Å². The van der Waals surface area contributed by atoms with Gasteiger partial charge in [0, 0.05) is 37.1 Å². The van der Waals surface area contributed by atoms with Crippen LogP contribution in [0.25, 0.3) is 0 Å². The van der Waals surface area contributed by atoms with E-state index in [9.17, 15) is 4.79 Å². The van der Waals surface area contributed by atoms with Gasteiger partial charge in [-0.25, -0.2) is 0 Å². The molecule has 1 aromatic heterocycles. The summed E-state index contributed by atoms with van der Waals surface area (Å²) in [7, 11) is 0. The van der Waals surface area contributed by atoms with Gasteiger partial charge in [-0.2, -0.15) is 0 Å². The number of nitrogens with zero attached hydrogens (tertiary/aromatic N) is 1. The van der Waals surface area contributed by atoms with E-state index in [-0.39, 0.29) is 11.5 Å². The van der Waals surface area contributed by atoms with Gasteiger partial charge in [-0.3, -0.25) is 4.79 Å². The molecule has 0 spiro atoms. The minimum atomic E-state index is -0.0660. The van der Waals surface area contributed by atoms with E-state index in [0.717, 1.165) is 5.56 Å². The predicted molar refractivity (Wildman–Crippen MR) is 78.2 cm³/mol. The summed E-state index contributed by atoms with van der Waals surface area (Å²) in [5.74, 6) is 0.532. The SMILES string of the molecule is CC(C)c1ccc(C(N)Cn2ccc(=O)cc2)cc1. The van der Waals surface area contributed by atoms with E-state index in [0.29, 0.717) is 12.5 Å². The smallest absolute Gasteiger partial charge is 0.181 e. The summed E-state index contributed by atoms with van der Waals surface area (Å²) >= 11 is 0. The zero-order valence-corrected chi connectivity index (χ0v) is 11.4. The highest BCUT2D eigenvalue weighted by molar-refractivity contribution is 5.26. The van der Waals surface area contributed by atoms with Crippen molar-refractivity contribution in [1.29, 1.82) is 0 Å². The zero-order valence-electron chi connectivity index (χ0n) is 11.4. The van der Waals surface area contributed by atoms with E-state index in [1.165, 1.54) is 5.56 Å². The quantitative estimate of drug-likeness (QED) is 0.914. The molecule has 0 fully saturated rings. The third kappa shape index (κ3) is 3.55. The van der Waals surface area contributed by atoms with Crippen molar-refractivity contribution in [1.82, 2.24) is 4.57 Å². The third-order valence-corrected chi connectivity index (χ3v) is 3.30.